The first-order valence-electron chi connectivity index (χ1n) is 6.88. The molecule has 2 aromatic rings. The van der Waals surface area contributed by atoms with E-state index in [2.05, 4.69) is 0 Å². The number of nitrogens with zero attached hydrogens (tertiary/aromatic N) is 1. The van der Waals surface area contributed by atoms with E-state index in [1.807, 2.05) is 59.5 Å². The number of carbonyl (C=O) groups is 1. The van der Waals surface area contributed by atoms with Crippen LogP contribution in [0.2, 0.25) is 5.02 Å². The van der Waals surface area contributed by atoms with Crippen molar-refractivity contribution in [1.29, 1.82) is 0 Å². The molecule has 2 aromatic carbocycles. The molecule has 20 heavy (non-hydrogen) atoms. The molecule has 0 radical (unpaired) electrons. The van der Waals surface area contributed by atoms with E-state index < -0.39 is 0 Å². The molecular formula is C17H16ClNO. The van der Waals surface area contributed by atoms with E-state index in [0.717, 1.165) is 35.5 Å². The summed E-state index contributed by atoms with van der Waals surface area (Å²) in [6.07, 6.45) is 2.00. The Bertz CT molecular complexity index is 611. The summed E-state index contributed by atoms with van der Waals surface area (Å²) in [6.45, 7) is 0.795. The fraction of sp³-hybridized carbons (Fsp3) is 0.235. The summed E-state index contributed by atoms with van der Waals surface area (Å²) in [6, 6.07) is 17.3. The van der Waals surface area contributed by atoms with E-state index in [0.29, 0.717) is 0 Å². The van der Waals surface area contributed by atoms with Crippen LogP contribution < -0.4 is 0 Å². The molecule has 0 saturated carbocycles. The van der Waals surface area contributed by atoms with E-state index in [-0.39, 0.29) is 11.9 Å². The first-order valence-corrected chi connectivity index (χ1v) is 7.25. The van der Waals surface area contributed by atoms with Gasteiger partial charge in [0.15, 0.2) is 0 Å². The van der Waals surface area contributed by atoms with E-state index in [4.69, 9.17) is 11.6 Å². The van der Waals surface area contributed by atoms with Crippen molar-refractivity contribution in [1.82, 2.24) is 4.90 Å². The molecule has 1 unspecified atom stereocenters. The quantitative estimate of drug-likeness (QED) is 0.805. The predicted octanol–water partition coefficient (Wildman–Crippen LogP) is 4.32. The highest BCUT2D eigenvalue weighted by Crippen LogP contribution is 2.36. The van der Waals surface area contributed by atoms with Gasteiger partial charge < -0.3 is 4.90 Å². The summed E-state index contributed by atoms with van der Waals surface area (Å²) in [5.74, 6) is 0.0908. The van der Waals surface area contributed by atoms with Crippen molar-refractivity contribution in [2.45, 2.75) is 18.9 Å². The van der Waals surface area contributed by atoms with Crippen LogP contribution in [0.5, 0.6) is 0 Å². The Morgan fingerprint density at radius 1 is 1.05 bits per heavy atom. The van der Waals surface area contributed by atoms with Crippen LogP contribution in [0.25, 0.3) is 0 Å². The zero-order chi connectivity index (χ0) is 13.9. The van der Waals surface area contributed by atoms with Crippen molar-refractivity contribution in [3.63, 3.8) is 0 Å². The number of likely N-dealkylation sites (tertiary alicyclic amines) is 1. The molecule has 1 aliphatic rings. The van der Waals surface area contributed by atoms with Crippen molar-refractivity contribution >= 4 is 17.5 Å². The second-order valence-electron chi connectivity index (χ2n) is 5.04. The summed E-state index contributed by atoms with van der Waals surface area (Å²) in [4.78, 5) is 14.6. The molecule has 1 amide bonds. The van der Waals surface area contributed by atoms with Gasteiger partial charge in [-0.2, -0.15) is 0 Å². The lowest BCUT2D eigenvalue weighted by Crippen LogP contribution is -2.30. The number of amides is 1. The highest BCUT2D eigenvalue weighted by Gasteiger charge is 2.31. The third-order valence-corrected chi connectivity index (χ3v) is 4.14. The molecule has 3 rings (SSSR count). The number of benzene rings is 2. The van der Waals surface area contributed by atoms with Crippen molar-refractivity contribution in [3.8, 4) is 0 Å². The summed E-state index contributed by atoms with van der Waals surface area (Å²) in [5, 5.41) is 0.741. The van der Waals surface area contributed by atoms with Crippen LogP contribution in [0, 0.1) is 0 Å². The monoisotopic (exact) mass is 285 g/mol. The van der Waals surface area contributed by atoms with Crippen LogP contribution in [0.4, 0.5) is 0 Å². The van der Waals surface area contributed by atoms with Gasteiger partial charge in [0.2, 0.25) is 0 Å². The first kappa shape index (κ1) is 13.2. The molecule has 1 fully saturated rings. The van der Waals surface area contributed by atoms with Crippen LogP contribution in [0.3, 0.4) is 0 Å². The molecular weight excluding hydrogens is 270 g/mol. The highest BCUT2D eigenvalue weighted by molar-refractivity contribution is 6.31. The summed E-state index contributed by atoms with van der Waals surface area (Å²) in [5.41, 5.74) is 1.79. The minimum Gasteiger partial charge on any atom is -0.332 e. The standard InChI is InChI=1S/C17H16ClNO/c18-15-10-5-4-9-14(15)16-11-6-12-19(16)17(20)13-7-2-1-3-8-13/h1-5,7-10,16H,6,11-12H2. The highest BCUT2D eigenvalue weighted by atomic mass is 35.5. The summed E-state index contributed by atoms with van der Waals surface area (Å²) < 4.78 is 0. The van der Waals surface area contributed by atoms with Crippen molar-refractivity contribution < 1.29 is 4.79 Å². The van der Waals surface area contributed by atoms with Gasteiger partial charge in [0.25, 0.3) is 5.91 Å². The Hall–Kier alpha value is -1.80. The van der Waals surface area contributed by atoms with Gasteiger partial charge in [0.05, 0.1) is 6.04 Å². The first-order chi connectivity index (χ1) is 9.77. The Morgan fingerprint density at radius 3 is 2.50 bits per heavy atom. The van der Waals surface area contributed by atoms with Gasteiger partial charge in [-0.1, -0.05) is 48.0 Å². The second-order valence-corrected chi connectivity index (χ2v) is 5.45. The fourth-order valence-electron chi connectivity index (χ4n) is 2.83. The lowest BCUT2D eigenvalue weighted by molar-refractivity contribution is 0.0736. The van der Waals surface area contributed by atoms with E-state index >= 15 is 0 Å². The van der Waals surface area contributed by atoms with Crippen molar-refractivity contribution in [2.75, 3.05) is 6.54 Å². The lowest BCUT2D eigenvalue weighted by atomic mass is 10.0. The molecule has 1 heterocycles. The third-order valence-electron chi connectivity index (χ3n) is 3.80. The molecule has 0 aromatic heterocycles. The molecule has 0 N–H and O–H groups in total. The average Bonchev–Trinajstić information content (AvgIpc) is 2.97. The van der Waals surface area contributed by atoms with Gasteiger partial charge in [-0.25, -0.2) is 0 Å². The lowest BCUT2D eigenvalue weighted by Gasteiger charge is -2.26. The Labute approximate surface area is 124 Å². The molecule has 0 spiro atoms. The Kier molecular flexibility index (Phi) is 3.75. The fourth-order valence-corrected chi connectivity index (χ4v) is 3.09. The number of hydrogen-bond donors (Lipinski definition) is 0. The Morgan fingerprint density at radius 2 is 1.75 bits per heavy atom. The summed E-state index contributed by atoms with van der Waals surface area (Å²) in [7, 11) is 0. The van der Waals surface area contributed by atoms with Gasteiger partial charge >= 0.3 is 0 Å². The smallest absolute Gasteiger partial charge is 0.254 e. The predicted molar refractivity (Wildman–Crippen MR) is 80.9 cm³/mol. The van der Waals surface area contributed by atoms with Crippen molar-refractivity contribution in [3.05, 3.63) is 70.7 Å². The molecule has 1 aliphatic heterocycles. The number of halogens is 1. The van der Waals surface area contributed by atoms with Crippen LogP contribution in [0.1, 0.15) is 34.8 Å². The van der Waals surface area contributed by atoms with E-state index in [1.54, 1.807) is 0 Å². The SMILES string of the molecule is O=C(c1ccccc1)N1CCCC1c1ccccc1Cl. The second kappa shape index (κ2) is 5.68. The third kappa shape index (κ3) is 2.44. The maximum atomic E-state index is 12.6. The van der Waals surface area contributed by atoms with Gasteiger partial charge in [-0.05, 0) is 36.6 Å². The molecule has 3 heteroatoms. The normalized spacial score (nSPS) is 18.2. The van der Waals surface area contributed by atoms with Crippen LogP contribution in [-0.2, 0) is 0 Å². The van der Waals surface area contributed by atoms with Gasteiger partial charge in [0.1, 0.15) is 0 Å². The maximum absolute atomic E-state index is 12.6. The van der Waals surface area contributed by atoms with Crippen molar-refractivity contribution in [2.24, 2.45) is 0 Å². The maximum Gasteiger partial charge on any atom is 0.254 e. The molecule has 1 atom stereocenters. The minimum absolute atomic E-state index is 0.0908. The van der Waals surface area contributed by atoms with Gasteiger partial charge in [-0.15, -0.1) is 0 Å². The molecule has 2 nitrogen and oxygen atoms in total. The minimum atomic E-state index is 0.0908. The van der Waals surface area contributed by atoms with Gasteiger partial charge in [0, 0.05) is 17.1 Å². The zero-order valence-corrected chi connectivity index (χ0v) is 11.9. The summed E-state index contributed by atoms with van der Waals surface area (Å²) >= 11 is 6.28. The molecule has 102 valence electrons. The Balaban J connectivity index is 1.90. The van der Waals surface area contributed by atoms with Gasteiger partial charge in [-0.3, -0.25) is 4.79 Å². The van der Waals surface area contributed by atoms with Crippen LogP contribution in [-0.4, -0.2) is 17.4 Å². The molecule has 0 aliphatic carbocycles. The topological polar surface area (TPSA) is 20.3 Å². The van der Waals surface area contributed by atoms with Crippen LogP contribution in [0.15, 0.2) is 54.6 Å². The zero-order valence-electron chi connectivity index (χ0n) is 11.1. The van der Waals surface area contributed by atoms with Crippen LogP contribution >= 0.6 is 11.6 Å². The van der Waals surface area contributed by atoms with E-state index in [1.165, 1.54) is 0 Å². The number of hydrogen-bond acceptors (Lipinski definition) is 1. The number of rotatable bonds is 2. The largest absolute Gasteiger partial charge is 0.332 e. The molecule has 0 bridgehead atoms. The molecule has 1 saturated heterocycles. The number of carbonyl (C=O) groups excluding carboxylic acids is 1. The average molecular weight is 286 g/mol. The van der Waals surface area contributed by atoms with E-state index in [9.17, 15) is 4.79 Å².